The minimum Gasteiger partial charge on any atom is -0.207 e. The number of fused-ring (bicyclic) bond motifs is 3. The molecule has 0 atom stereocenters. The standard InChI is InChI=1S/C60H36F4S/c61-44-27-21-41(22-28-44)54-50(60-59(48-34-33-47(64)35-51(48)65-60)58(43-25-31-46(63)32-26-43)57(54)42-23-29-45(62)30-24-42)36-49-52(37-13-5-1-6-14-37)55(39-17-9-3-10-18-39)56(40-19-11-4-12-20-40)53(49)38-15-7-2-8-16-38/h1-36H. The van der Waals surface area contributed by atoms with Gasteiger partial charge in [-0.2, -0.15) is 0 Å². The van der Waals surface area contributed by atoms with Crippen molar-refractivity contribution < 1.29 is 17.6 Å². The van der Waals surface area contributed by atoms with Crippen molar-refractivity contribution >= 4 is 59.9 Å². The van der Waals surface area contributed by atoms with Crippen LogP contribution >= 0.6 is 11.3 Å². The number of benzene rings is 9. The Morgan fingerprint density at radius 2 is 0.692 bits per heavy atom. The third-order valence-electron chi connectivity index (χ3n) is 12.1. The van der Waals surface area contributed by atoms with E-state index in [2.05, 4.69) is 103 Å². The zero-order chi connectivity index (χ0) is 44.0. The Labute approximate surface area is 378 Å². The monoisotopic (exact) mass is 864 g/mol. The van der Waals surface area contributed by atoms with Gasteiger partial charge < -0.3 is 0 Å². The molecule has 10 aromatic rings. The third kappa shape index (κ3) is 7.20. The first kappa shape index (κ1) is 40.0. The van der Waals surface area contributed by atoms with E-state index in [1.807, 2.05) is 24.3 Å². The van der Waals surface area contributed by atoms with Gasteiger partial charge in [0.15, 0.2) is 0 Å². The molecule has 0 amide bonds. The van der Waals surface area contributed by atoms with Gasteiger partial charge in [0.2, 0.25) is 0 Å². The average molecular weight is 865 g/mol. The molecule has 1 heterocycles. The first-order chi connectivity index (χ1) is 31.9. The maximum Gasteiger partial charge on any atom is 0.124 e. The van der Waals surface area contributed by atoms with E-state index in [1.165, 1.54) is 53.8 Å². The first-order valence-electron chi connectivity index (χ1n) is 21.3. The SMILES string of the molecule is Fc1ccc(-c2c(-c3ccc(F)cc3)c(-c3ccc(F)cc3)c3c(sc4cc(F)ccc43)c2C=C2C(c3ccccc3)=C(c3ccccc3)C(c3ccccc3)=C2c2ccccc2)cc1. The summed E-state index contributed by atoms with van der Waals surface area (Å²) in [4.78, 5) is 0. The van der Waals surface area contributed by atoms with E-state index in [0.717, 1.165) is 98.1 Å². The van der Waals surface area contributed by atoms with E-state index < -0.39 is 17.5 Å². The molecule has 0 bridgehead atoms. The lowest BCUT2D eigenvalue weighted by atomic mass is 9.80. The van der Waals surface area contributed by atoms with Crippen molar-refractivity contribution in [1.29, 1.82) is 0 Å². The second kappa shape index (κ2) is 16.7. The highest BCUT2D eigenvalue weighted by Gasteiger charge is 2.34. The number of halogens is 4. The molecular formula is C60H36F4S. The number of hydrogen-bond acceptors (Lipinski definition) is 1. The van der Waals surface area contributed by atoms with E-state index >= 15 is 8.78 Å². The largest absolute Gasteiger partial charge is 0.207 e. The maximum absolute atomic E-state index is 15.4. The Hall–Kier alpha value is -7.86. The smallest absolute Gasteiger partial charge is 0.124 e. The topological polar surface area (TPSA) is 0 Å². The van der Waals surface area contributed by atoms with Crippen LogP contribution in [0.3, 0.4) is 0 Å². The van der Waals surface area contributed by atoms with Crippen LogP contribution in [0.2, 0.25) is 0 Å². The molecule has 310 valence electrons. The third-order valence-corrected chi connectivity index (χ3v) is 13.3. The van der Waals surface area contributed by atoms with Gasteiger partial charge >= 0.3 is 0 Å². The quantitative estimate of drug-likeness (QED) is 0.134. The van der Waals surface area contributed by atoms with Gasteiger partial charge in [-0.25, -0.2) is 17.6 Å². The van der Waals surface area contributed by atoms with Crippen LogP contribution in [0.25, 0.3) is 81.9 Å². The normalized spacial score (nSPS) is 12.8. The number of rotatable bonds is 8. The Bertz CT molecular complexity index is 3400. The lowest BCUT2D eigenvalue weighted by Gasteiger charge is -2.23. The fourth-order valence-electron chi connectivity index (χ4n) is 9.40. The lowest BCUT2D eigenvalue weighted by molar-refractivity contribution is 0.627. The predicted octanol–water partition coefficient (Wildman–Crippen LogP) is 17.2. The summed E-state index contributed by atoms with van der Waals surface area (Å²) in [7, 11) is 0. The number of thiophene rings is 1. The summed E-state index contributed by atoms with van der Waals surface area (Å²) in [6.45, 7) is 0. The van der Waals surface area contributed by atoms with Crippen LogP contribution in [0.5, 0.6) is 0 Å². The van der Waals surface area contributed by atoms with E-state index in [1.54, 1.807) is 48.5 Å². The van der Waals surface area contributed by atoms with Crippen molar-refractivity contribution in [2.45, 2.75) is 0 Å². The van der Waals surface area contributed by atoms with Crippen LogP contribution in [-0.2, 0) is 0 Å². The van der Waals surface area contributed by atoms with Crippen molar-refractivity contribution in [3.63, 3.8) is 0 Å². The molecule has 11 rings (SSSR count). The van der Waals surface area contributed by atoms with Gasteiger partial charge in [-0.3, -0.25) is 0 Å². The summed E-state index contributed by atoms with van der Waals surface area (Å²) in [6.07, 6.45) is 2.26. The fraction of sp³-hybridized carbons (Fsp3) is 0. The van der Waals surface area contributed by atoms with Crippen LogP contribution in [0.15, 0.2) is 218 Å². The van der Waals surface area contributed by atoms with Crippen LogP contribution in [0.1, 0.15) is 27.8 Å². The Morgan fingerprint density at radius 1 is 0.323 bits per heavy atom. The molecule has 0 saturated heterocycles. The van der Waals surface area contributed by atoms with Crippen LogP contribution in [0, 0.1) is 23.3 Å². The molecule has 1 aromatic heterocycles. The fourth-order valence-corrected chi connectivity index (χ4v) is 10.7. The molecule has 1 aliphatic carbocycles. The predicted molar refractivity (Wildman–Crippen MR) is 263 cm³/mol. The second-order valence-corrected chi connectivity index (χ2v) is 17.1. The average Bonchev–Trinajstić information content (AvgIpc) is 3.89. The summed E-state index contributed by atoms with van der Waals surface area (Å²) in [6, 6.07) is 65.7. The minimum atomic E-state index is -0.400. The molecule has 0 aliphatic heterocycles. The molecular weight excluding hydrogens is 829 g/mol. The minimum absolute atomic E-state index is 0.371. The van der Waals surface area contributed by atoms with Gasteiger partial charge in [-0.15, -0.1) is 11.3 Å². The molecule has 0 radical (unpaired) electrons. The molecule has 65 heavy (non-hydrogen) atoms. The number of hydrogen-bond donors (Lipinski definition) is 0. The zero-order valence-corrected chi connectivity index (χ0v) is 35.5. The molecule has 9 aromatic carbocycles. The second-order valence-electron chi connectivity index (χ2n) is 16.0. The zero-order valence-electron chi connectivity index (χ0n) is 34.7. The first-order valence-corrected chi connectivity index (χ1v) is 22.2. The Morgan fingerprint density at radius 3 is 1.12 bits per heavy atom. The van der Waals surface area contributed by atoms with Crippen molar-refractivity contribution in [2.75, 3.05) is 0 Å². The summed E-state index contributed by atoms with van der Waals surface area (Å²) in [5.41, 5.74) is 14.4. The van der Waals surface area contributed by atoms with Crippen LogP contribution < -0.4 is 0 Å². The van der Waals surface area contributed by atoms with Gasteiger partial charge in [0, 0.05) is 25.7 Å². The molecule has 1 aliphatic rings. The Balaban J connectivity index is 1.40. The molecule has 0 saturated carbocycles. The molecule has 0 nitrogen and oxygen atoms in total. The summed E-state index contributed by atoms with van der Waals surface area (Å²) < 4.78 is 61.8. The van der Waals surface area contributed by atoms with Crippen molar-refractivity contribution in [1.82, 2.24) is 0 Å². The van der Waals surface area contributed by atoms with E-state index in [0.29, 0.717) is 11.1 Å². The van der Waals surface area contributed by atoms with Crippen LogP contribution in [-0.4, -0.2) is 0 Å². The lowest BCUT2D eigenvalue weighted by Crippen LogP contribution is -1.98. The number of allylic oxidation sites excluding steroid dienone is 5. The molecule has 0 fully saturated rings. The molecule has 0 spiro atoms. The summed E-state index contributed by atoms with van der Waals surface area (Å²) >= 11 is 1.48. The van der Waals surface area contributed by atoms with E-state index in [-0.39, 0.29) is 5.82 Å². The summed E-state index contributed by atoms with van der Waals surface area (Å²) in [5, 5.41) is 1.66. The van der Waals surface area contributed by atoms with E-state index in [9.17, 15) is 8.78 Å². The van der Waals surface area contributed by atoms with Crippen LogP contribution in [0.4, 0.5) is 17.6 Å². The maximum atomic E-state index is 15.4. The highest BCUT2D eigenvalue weighted by molar-refractivity contribution is 7.26. The molecule has 0 unspecified atom stereocenters. The van der Waals surface area contributed by atoms with Gasteiger partial charge in [0.05, 0.1) is 0 Å². The summed E-state index contributed by atoms with van der Waals surface area (Å²) in [5.74, 6) is -1.56. The van der Waals surface area contributed by atoms with Crippen molar-refractivity contribution in [2.24, 2.45) is 0 Å². The van der Waals surface area contributed by atoms with Gasteiger partial charge in [-0.1, -0.05) is 158 Å². The molecule has 5 heteroatoms. The highest BCUT2D eigenvalue weighted by atomic mass is 32.1. The van der Waals surface area contributed by atoms with Crippen molar-refractivity contribution in [3.8, 4) is 33.4 Å². The Kier molecular flexibility index (Phi) is 10.3. The molecule has 0 N–H and O–H groups in total. The highest BCUT2D eigenvalue weighted by Crippen LogP contribution is 2.58. The van der Waals surface area contributed by atoms with E-state index in [4.69, 9.17) is 0 Å². The van der Waals surface area contributed by atoms with Gasteiger partial charge in [-0.05, 0) is 144 Å². The van der Waals surface area contributed by atoms with Crippen molar-refractivity contribution in [3.05, 3.63) is 269 Å². The van der Waals surface area contributed by atoms with Gasteiger partial charge in [0.25, 0.3) is 0 Å². The van der Waals surface area contributed by atoms with Gasteiger partial charge in [0.1, 0.15) is 23.3 Å².